The molecule has 1 atom stereocenters. The predicted molar refractivity (Wildman–Crippen MR) is 66.9 cm³/mol. The van der Waals surface area contributed by atoms with Gasteiger partial charge in [-0.05, 0) is 39.7 Å². The van der Waals surface area contributed by atoms with E-state index < -0.39 is 10.0 Å². The minimum atomic E-state index is -3.06. The Bertz CT molecular complexity index is 301. The maximum atomic E-state index is 12.0. The number of sulfonamides is 1. The van der Waals surface area contributed by atoms with E-state index in [0.717, 1.165) is 25.8 Å². The van der Waals surface area contributed by atoms with Crippen LogP contribution in [0.5, 0.6) is 0 Å². The molecule has 0 bridgehead atoms. The van der Waals surface area contributed by atoms with Crippen molar-refractivity contribution in [2.45, 2.75) is 51.3 Å². The van der Waals surface area contributed by atoms with Crippen LogP contribution < -0.4 is 5.32 Å². The zero-order valence-electron chi connectivity index (χ0n) is 10.6. The van der Waals surface area contributed by atoms with E-state index >= 15 is 0 Å². The van der Waals surface area contributed by atoms with Gasteiger partial charge in [-0.3, -0.25) is 0 Å². The number of hydrogen-bond donors (Lipinski definition) is 1. The standard InChI is InChI=1S/C11H24N2O2S/c1-4-7-12-11-6-5-8-13(9-11)16(14,15)10(2)3/h10-12H,4-9H2,1-3H3. The normalized spacial score (nSPS) is 23.9. The summed E-state index contributed by atoms with van der Waals surface area (Å²) in [6, 6.07) is 0.335. The second-order valence-electron chi connectivity index (χ2n) is 4.74. The van der Waals surface area contributed by atoms with Crippen LogP contribution >= 0.6 is 0 Å². The molecule has 0 spiro atoms. The van der Waals surface area contributed by atoms with Gasteiger partial charge in [-0.1, -0.05) is 6.92 Å². The monoisotopic (exact) mass is 248 g/mol. The molecule has 16 heavy (non-hydrogen) atoms. The summed E-state index contributed by atoms with van der Waals surface area (Å²) in [6.07, 6.45) is 3.14. The first-order valence-electron chi connectivity index (χ1n) is 6.20. The smallest absolute Gasteiger partial charge is 0.216 e. The van der Waals surface area contributed by atoms with Crippen molar-refractivity contribution in [2.24, 2.45) is 0 Å². The third-order valence-electron chi connectivity index (χ3n) is 3.02. The topological polar surface area (TPSA) is 49.4 Å². The summed E-state index contributed by atoms with van der Waals surface area (Å²) in [5.74, 6) is 0. The summed E-state index contributed by atoms with van der Waals surface area (Å²) in [6.45, 7) is 7.92. The molecule has 1 aliphatic heterocycles. The molecule has 1 aliphatic rings. The highest BCUT2D eigenvalue weighted by molar-refractivity contribution is 7.89. The van der Waals surface area contributed by atoms with Crippen LogP contribution in [0.2, 0.25) is 0 Å². The summed E-state index contributed by atoms with van der Waals surface area (Å²) < 4.78 is 25.7. The molecule has 0 saturated carbocycles. The number of piperidine rings is 1. The van der Waals surface area contributed by atoms with Crippen molar-refractivity contribution in [1.29, 1.82) is 0 Å². The SMILES string of the molecule is CCCNC1CCCN(S(=O)(=O)C(C)C)C1. The van der Waals surface area contributed by atoms with Crippen LogP contribution in [0.4, 0.5) is 0 Å². The van der Waals surface area contributed by atoms with E-state index in [0.29, 0.717) is 19.1 Å². The highest BCUT2D eigenvalue weighted by Crippen LogP contribution is 2.17. The molecular weight excluding hydrogens is 224 g/mol. The Kier molecular flexibility index (Phi) is 5.21. The maximum Gasteiger partial charge on any atom is 0.216 e. The van der Waals surface area contributed by atoms with Gasteiger partial charge in [-0.2, -0.15) is 0 Å². The molecule has 1 unspecified atom stereocenters. The molecule has 1 saturated heterocycles. The van der Waals surface area contributed by atoms with Gasteiger partial charge in [-0.15, -0.1) is 0 Å². The predicted octanol–water partition coefficient (Wildman–Crippen LogP) is 1.19. The molecule has 1 rings (SSSR count). The van der Waals surface area contributed by atoms with Gasteiger partial charge in [0.1, 0.15) is 0 Å². The Morgan fingerprint density at radius 1 is 1.44 bits per heavy atom. The van der Waals surface area contributed by atoms with E-state index in [1.165, 1.54) is 0 Å². The number of rotatable bonds is 5. The van der Waals surface area contributed by atoms with Gasteiger partial charge >= 0.3 is 0 Å². The van der Waals surface area contributed by atoms with E-state index in [4.69, 9.17) is 0 Å². The van der Waals surface area contributed by atoms with E-state index in [1.807, 2.05) is 0 Å². The zero-order chi connectivity index (χ0) is 12.2. The Hall–Kier alpha value is -0.130. The van der Waals surface area contributed by atoms with Gasteiger partial charge in [0.25, 0.3) is 0 Å². The second-order valence-corrected chi connectivity index (χ2v) is 7.23. The lowest BCUT2D eigenvalue weighted by Crippen LogP contribution is -2.49. The molecule has 1 heterocycles. The van der Waals surface area contributed by atoms with Crippen molar-refractivity contribution < 1.29 is 8.42 Å². The molecule has 0 aromatic heterocycles. The fourth-order valence-electron chi connectivity index (χ4n) is 1.99. The van der Waals surface area contributed by atoms with Crippen LogP contribution in [-0.4, -0.2) is 43.6 Å². The summed E-state index contributed by atoms with van der Waals surface area (Å²) in [5.41, 5.74) is 0. The first-order chi connectivity index (χ1) is 7.48. The molecule has 0 radical (unpaired) electrons. The Morgan fingerprint density at radius 2 is 2.12 bits per heavy atom. The molecule has 5 heteroatoms. The average Bonchev–Trinajstić information content (AvgIpc) is 2.26. The van der Waals surface area contributed by atoms with Gasteiger partial charge in [0.05, 0.1) is 5.25 Å². The average molecular weight is 248 g/mol. The minimum Gasteiger partial charge on any atom is -0.313 e. The molecule has 0 amide bonds. The summed E-state index contributed by atoms with van der Waals surface area (Å²) in [5, 5.41) is 3.10. The van der Waals surface area contributed by atoms with Gasteiger partial charge in [0, 0.05) is 19.1 Å². The fourth-order valence-corrected chi connectivity index (χ4v) is 3.35. The Balaban J connectivity index is 2.57. The van der Waals surface area contributed by atoms with E-state index in [1.54, 1.807) is 18.2 Å². The first-order valence-corrected chi connectivity index (χ1v) is 7.71. The van der Waals surface area contributed by atoms with Gasteiger partial charge in [-0.25, -0.2) is 12.7 Å². The first kappa shape index (κ1) is 13.9. The van der Waals surface area contributed by atoms with Gasteiger partial charge in [0.2, 0.25) is 10.0 Å². The van der Waals surface area contributed by atoms with Crippen LogP contribution in [0.3, 0.4) is 0 Å². The minimum absolute atomic E-state index is 0.308. The molecule has 4 nitrogen and oxygen atoms in total. The molecule has 0 aromatic rings. The van der Waals surface area contributed by atoms with Crippen molar-refractivity contribution in [2.75, 3.05) is 19.6 Å². The summed E-state index contributed by atoms with van der Waals surface area (Å²) in [4.78, 5) is 0. The van der Waals surface area contributed by atoms with Crippen molar-refractivity contribution in [3.63, 3.8) is 0 Å². The van der Waals surface area contributed by atoms with Crippen molar-refractivity contribution in [3.8, 4) is 0 Å². The van der Waals surface area contributed by atoms with Crippen molar-refractivity contribution in [3.05, 3.63) is 0 Å². The molecular formula is C11H24N2O2S. The molecule has 1 N–H and O–H groups in total. The van der Waals surface area contributed by atoms with E-state index in [2.05, 4.69) is 12.2 Å². The lowest BCUT2D eigenvalue weighted by Gasteiger charge is -2.33. The van der Waals surface area contributed by atoms with Crippen LogP contribution in [0.25, 0.3) is 0 Å². The number of nitrogens with one attached hydrogen (secondary N) is 1. The Labute approximate surface area is 99.5 Å². The third-order valence-corrected chi connectivity index (χ3v) is 5.27. The third kappa shape index (κ3) is 3.43. The second kappa shape index (κ2) is 5.98. The van der Waals surface area contributed by atoms with Gasteiger partial charge < -0.3 is 5.32 Å². The largest absolute Gasteiger partial charge is 0.313 e. The number of nitrogens with zero attached hydrogens (tertiary/aromatic N) is 1. The van der Waals surface area contributed by atoms with E-state index in [-0.39, 0.29) is 5.25 Å². The Morgan fingerprint density at radius 3 is 2.69 bits per heavy atom. The molecule has 96 valence electrons. The lowest BCUT2D eigenvalue weighted by molar-refractivity contribution is 0.282. The molecule has 0 aromatic carbocycles. The highest BCUT2D eigenvalue weighted by Gasteiger charge is 2.30. The number of hydrogen-bond acceptors (Lipinski definition) is 3. The van der Waals surface area contributed by atoms with Crippen LogP contribution in [0, 0.1) is 0 Å². The summed E-state index contributed by atoms with van der Waals surface area (Å²) >= 11 is 0. The maximum absolute atomic E-state index is 12.0. The van der Waals surface area contributed by atoms with Crippen molar-refractivity contribution in [1.82, 2.24) is 9.62 Å². The highest BCUT2D eigenvalue weighted by atomic mass is 32.2. The summed E-state index contributed by atoms with van der Waals surface area (Å²) in [7, 11) is -3.06. The molecule has 1 fully saturated rings. The van der Waals surface area contributed by atoms with Crippen LogP contribution in [0.1, 0.15) is 40.0 Å². The molecule has 0 aliphatic carbocycles. The van der Waals surface area contributed by atoms with Crippen LogP contribution in [0.15, 0.2) is 0 Å². The lowest BCUT2D eigenvalue weighted by atomic mass is 10.1. The quantitative estimate of drug-likeness (QED) is 0.795. The van der Waals surface area contributed by atoms with Gasteiger partial charge in [0.15, 0.2) is 0 Å². The van der Waals surface area contributed by atoms with Crippen molar-refractivity contribution >= 4 is 10.0 Å². The van der Waals surface area contributed by atoms with Crippen LogP contribution in [-0.2, 0) is 10.0 Å². The zero-order valence-corrected chi connectivity index (χ0v) is 11.4. The van der Waals surface area contributed by atoms with E-state index in [9.17, 15) is 8.42 Å². The fraction of sp³-hybridized carbons (Fsp3) is 1.00.